The van der Waals surface area contributed by atoms with Gasteiger partial charge in [-0.2, -0.15) is 0 Å². The normalized spacial score (nSPS) is 19.7. The lowest BCUT2D eigenvalue weighted by atomic mass is 10.2. The van der Waals surface area contributed by atoms with E-state index in [-0.39, 0.29) is 0 Å². The fourth-order valence-electron chi connectivity index (χ4n) is 1.92. The molecule has 1 unspecified atom stereocenters. The molecule has 2 N–H and O–H groups in total. The Morgan fingerprint density at radius 2 is 2.31 bits per heavy atom. The van der Waals surface area contributed by atoms with Gasteiger partial charge in [0.2, 0.25) is 0 Å². The zero-order valence-electron chi connectivity index (χ0n) is 9.83. The fourth-order valence-corrected chi connectivity index (χ4v) is 1.92. The fraction of sp³-hybridized carbons (Fsp3) is 0.538. The topological polar surface area (TPSA) is 33.3 Å². The molecule has 1 saturated heterocycles. The predicted molar refractivity (Wildman–Crippen MR) is 67.1 cm³/mol. The minimum absolute atomic E-state index is 0.534. The molecule has 16 heavy (non-hydrogen) atoms. The Balaban J connectivity index is 2.00. The van der Waals surface area contributed by atoms with Gasteiger partial charge in [-0.1, -0.05) is 19.1 Å². The molecule has 0 aliphatic carbocycles. The van der Waals surface area contributed by atoms with Crippen molar-refractivity contribution in [3.8, 4) is 5.75 Å². The van der Waals surface area contributed by atoms with Crippen molar-refractivity contribution in [2.75, 3.05) is 25.0 Å². The zero-order valence-corrected chi connectivity index (χ0v) is 9.83. The molecule has 0 aromatic heterocycles. The molecule has 1 aliphatic rings. The third-order valence-electron chi connectivity index (χ3n) is 2.77. The van der Waals surface area contributed by atoms with E-state index in [9.17, 15) is 0 Å². The highest BCUT2D eigenvalue weighted by molar-refractivity contribution is 5.56. The minimum atomic E-state index is 0.534. The molecule has 1 heterocycles. The number of rotatable bonds is 5. The second kappa shape index (κ2) is 5.75. The van der Waals surface area contributed by atoms with Crippen LogP contribution in [0.5, 0.6) is 5.75 Å². The van der Waals surface area contributed by atoms with E-state index in [2.05, 4.69) is 23.6 Å². The summed E-state index contributed by atoms with van der Waals surface area (Å²) in [6.45, 7) is 5.05. The number of benzene rings is 1. The number of anilines is 1. The van der Waals surface area contributed by atoms with Gasteiger partial charge in [0.1, 0.15) is 5.75 Å². The highest BCUT2D eigenvalue weighted by atomic mass is 16.5. The summed E-state index contributed by atoms with van der Waals surface area (Å²) in [5.41, 5.74) is 1.12. The summed E-state index contributed by atoms with van der Waals surface area (Å²) in [5, 5.41) is 6.88. The number of ether oxygens (including phenoxy) is 1. The summed E-state index contributed by atoms with van der Waals surface area (Å²) in [6, 6.07) is 8.71. The van der Waals surface area contributed by atoms with Crippen LogP contribution in [-0.4, -0.2) is 25.7 Å². The minimum Gasteiger partial charge on any atom is -0.491 e. The third-order valence-corrected chi connectivity index (χ3v) is 2.77. The van der Waals surface area contributed by atoms with Gasteiger partial charge in [-0.15, -0.1) is 0 Å². The summed E-state index contributed by atoms with van der Waals surface area (Å²) >= 11 is 0. The van der Waals surface area contributed by atoms with Crippen molar-refractivity contribution in [3.63, 3.8) is 0 Å². The molecule has 0 radical (unpaired) electrons. The molecule has 88 valence electrons. The van der Waals surface area contributed by atoms with Gasteiger partial charge < -0.3 is 15.4 Å². The summed E-state index contributed by atoms with van der Waals surface area (Å²) in [5.74, 6) is 0.969. The Kier molecular flexibility index (Phi) is 4.05. The van der Waals surface area contributed by atoms with Gasteiger partial charge in [-0.05, 0) is 31.5 Å². The van der Waals surface area contributed by atoms with Crippen molar-refractivity contribution >= 4 is 5.69 Å². The quantitative estimate of drug-likeness (QED) is 0.798. The van der Waals surface area contributed by atoms with E-state index < -0.39 is 0 Å². The van der Waals surface area contributed by atoms with Crippen molar-refractivity contribution in [1.82, 2.24) is 5.32 Å². The summed E-state index contributed by atoms with van der Waals surface area (Å²) < 4.78 is 5.71. The summed E-state index contributed by atoms with van der Waals surface area (Å²) in [4.78, 5) is 0. The van der Waals surface area contributed by atoms with Gasteiger partial charge in [0.25, 0.3) is 0 Å². The van der Waals surface area contributed by atoms with Gasteiger partial charge in [-0.3, -0.25) is 0 Å². The average Bonchev–Trinajstić information content (AvgIpc) is 2.81. The van der Waals surface area contributed by atoms with E-state index >= 15 is 0 Å². The molecule has 1 aromatic rings. The van der Waals surface area contributed by atoms with Crippen LogP contribution in [0.3, 0.4) is 0 Å². The molecule has 0 amide bonds. The van der Waals surface area contributed by atoms with Crippen molar-refractivity contribution < 1.29 is 4.74 Å². The largest absolute Gasteiger partial charge is 0.491 e. The summed E-state index contributed by atoms with van der Waals surface area (Å²) in [7, 11) is 0. The van der Waals surface area contributed by atoms with Crippen LogP contribution in [0.25, 0.3) is 0 Å². The van der Waals surface area contributed by atoms with Crippen LogP contribution in [0, 0.1) is 0 Å². The van der Waals surface area contributed by atoms with Gasteiger partial charge in [0.05, 0.1) is 12.3 Å². The van der Waals surface area contributed by atoms with Crippen molar-refractivity contribution in [2.45, 2.75) is 25.8 Å². The van der Waals surface area contributed by atoms with Gasteiger partial charge >= 0.3 is 0 Å². The SMILES string of the molecule is CCCOc1ccccc1NC1CCNC1. The van der Waals surface area contributed by atoms with Crippen LogP contribution in [0.4, 0.5) is 5.69 Å². The lowest BCUT2D eigenvalue weighted by Crippen LogP contribution is -2.22. The van der Waals surface area contributed by atoms with Crippen LogP contribution in [-0.2, 0) is 0 Å². The average molecular weight is 220 g/mol. The van der Waals surface area contributed by atoms with Crippen LogP contribution in [0.1, 0.15) is 19.8 Å². The standard InChI is InChI=1S/C13H20N2O/c1-2-9-16-13-6-4-3-5-12(13)15-11-7-8-14-10-11/h3-6,11,14-15H,2,7-10H2,1H3. The molecular weight excluding hydrogens is 200 g/mol. The van der Waals surface area contributed by atoms with E-state index in [1.54, 1.807) is 0 Å². The first kappa shape index (κ1) is 11.3. The Morgan fingerprint density at radius 1 is 1.44 bits per heavy atom. The molecule has 0 saturated carbocycles. The van der Waals surface area contributed by atoms with Crippen LogP contribution < -0.4 is 15.4 Å². The Bertz CT molecular complexity index is 321. The van der Waals surface area contributed by atoms with Crippen LogP contribution in [0.15, 0.2) is 24.3 Å². The molecule has 0 bridgehead atoms. The van der Waals surface area contributed by atoms with E-state index in [4.69, 9.17) is 4.74 Å². The van der Waals surface area contributed by atoms with Gasteiger partial charge in [0, 0.05) is 12.6 Å². The molecule has 1 atom stereocenters. The van der Waals surface area contributed by atoms with Gasteiger partial charge in [0.15, 0.2) is 0 Å². The van der Waals surface area contributed by atoms with Crippen molar-refractivity contribution in [3.05, 3.63) is 24.3 Å². The first-order chi connectivity index (χ1) is 7.90. The molecule has 0 spiro atoms. The maximum Gasteiger partial charge on any atom is 0.142 e. The second-order valence-electron chi connectivity index (χ2n) is 4.18. The second-order valence-corrected chi connectivity index (χ2v) is 4.18. The van der Waals surface area contributed by atoms with E-state index in [0.717, 1.165) is 37.6 Å². The van der Waals surface area contributed by atoms with E-state index in [1.807, 2.05) is 18.2 Å². The van der Waals surface area contributed by atoms with Gasteiger partial charge in [-0.25, -0.2) is 0 Å². The maximum absolute atomic E-state index is 5.71. The lowest BCUT2D eigenvalue weighted by Gasteiger charge is -2.16. The first-order valence-corrected chi connectivity index (χ1v) is 6.09. The predicted octanol–water partition coefficient (Wildman–Crippen LogP) is 2.25. The lowest BCUT2D eigenvalue weighted by molar-refractivity contribution is 0.318. The molecule has 1 fully saturated rings. The number of para-hydroxylation sites is 2. The molecule has 1 aliphatic heterocycles. The molecular formula is C13H20N2O. The number of hydrogen-bond donors (Lipinski definition) is 2. The first-order valence-electron chi connectivity index (χ1n) is 6.09. The van der Waals surface area contributed by atoms with E-state index in [0.29, 0.717) is 6.04 Å². The van der Waals surface area contributed by atoms with Crippen LogP contribution >= 0.6 is 0 Å². The molecule has 2 rings (SSSR count). The highest BCUT2D eigenvalue weighted by Crippen LogP contribution is 2.25. The Hall–Kier alpha value is -1.22. The van der Waals surface area contributed by atoms with E-state index in [1.165, 1.54) is 6.42 Å². The maximum atomic E-state index is 5.71. The smallest absolute Gasteiger partial charge is 0.142 e. The Morgan fingerprint density at radius 3 is 3.06 bits per heavy atom. The third kappa shape index (κ3) is 2.89. The number of hydrogen-bond acceptors (Lipinski definition) is 3. The van der Waals surface area contributed by atoms with Crippen molar-refractivity contribution in [2.24, 2.45) is 0 Å². The van der Waals surface area contributed by atoms with Crippen LogP contribution in [0.2, 0.25) is 0 Å². The Labute approximate surface area is 97.2 Å². The molecule has 3 heteroatoms. The van der Waals surface area contributed by atoms with Crippen molar-refractivity contribution in [1.29, 1.82) is 0 Å². The number of nitrogens with one attached hydrogen (secondary N) is 2. The monoisotopic (exact) mass is 220 g/mol. The molecule has 1 aromatic carbocycles. The zero-order chi connectivity index (χ0) is 11.2. The highest BCUT2D eigenvalue weighted by Gasteiger charge is 2.15. The molecule has 3 nitrogen and oxygen atoms in total. The summed E-state index contributed by atoms with van der Waals surface area (Å²) in [6.07, 6.45) is 2.22.